The van der Waals surface area contributed by atoms with E-state index in [-0.39, 0.29) is 6.04 Å². The number of nitrogens with two attached hydrogens (primary N) is 1. The second kappa shape index (κ2) is 5.26. The molecule has 2 aromatic heterocycles. The van der Waals surface area contributed by atoms with Gasteiger partial charge in [-0.3, -0.25) is 4.68 Å². The highest BCUT2D eigenvalue weighted by molar-refractivity contribution is 5.46. The molecule has 3 rings (SSSR count). The molecule has 20 heavy (non-hydrogen) atoms. The van der Waals surface area contributed by atoms with Crippen molar-refractivity contribution in [3.05, 3.63) is 54.0 Å². The van der Waals surface area contributed by atoms with Gasteiger partial charge in [0, 0.05) is 13.2 Å². The number of nitrogens with zero attached hydrogens (tertiary/aromatic N) is 4. The van der Waals surface area contributed by atoms with Gasteiger partial charge < -0.3 is 10.3 Å². The summed E-state index contributed by atoms with van der Waals surface area (Å²) in [6.45, 7) is 0. The van der Waals surface area contributed by atoms with Crippen LogP contribution in [-0.2, 0) is 13.5 Å². The molecule has 0 aliphatic carbocycles. The van der Waals surface area contributed by atoms with Crippen molar-refractivity contribution in [1.82, 2.24) is 19.9 Å². The Morgan fingerprint density at radius 1 is 1.25 bits per heavy atom. The number of hydrogen-bond donors (Lipinski definition) is 1. The first-order valence-electron chi connectivity index (χ1n) is 6.35. The third kappa shape index (κ3) is 2.60. The van der Waals surface area contributed by atoms with Crippen LogP contribution in [0.25, 0.3) is 11.5 Å². The van der Waals surface area contributed by atoms with Gasteiger partial charge in [-0.2, -0.15) is 10.1 Å². The predicted molar refractivity (Wildman–Crippen MR) is 73.6 cm³/mol. The maximum Gasteiger partial charge on any atom is 0.244 e. The van der Waals surface area contributed by atoms with E-state index in [0.717, 1.165) is 5.56 Å². The van der Waals surface area contributed by atoms with Crippen LogP contribution < -0.4 is 5.73 Å². The lowest BCUT2D eigenvalue weighted by Gasteiger charge is -2.05. The SMILES string of the molecule is Cn1ccc(-c2noc(C(N)Cc3ccccc3)n2)n1. The normalized spacial score (nSPS) is 12.5. The minimum absolute atomic E-state index is 0.317. The summed E-state index contributed by atoms with van der Waals surface area (Å²) in [5.41, 5.74) is 7.91. The fraction of sp³-hybridized carbons (Fsp3) is 0.214. The van der Waals surface area contributed by atoms with Crippen LogP contribution in [0.4, 0.5) is 0 Å². The molecular weight excluding hydrogens is 254 g/mol. The second-order valence-corrected chi connectivity index (χ2v) is 4.63. The topological polar surface area (TPSA) is 82.8 Å². The van der Waals surface area contributed by atoms with Gasteiger partial charge in [-0.25, -0.2) is 0 Å². The van der Waals surface area contributed by atoms with Gasteiger partial charge in [0.2, 0.25) is 11.7 Å². The van der Waals surface area contributed by atoms with E-state index in [0.29, 0.717) is 23.8 Å². The summed E-state index contributed by atoms with van der Waals surface area (Å²) < 4.78 is 6.92. The van der Waals surface area contributed by atoms with Gasteiger partial charge in [-0.15, -0.1) is 0 Å². The van der Waals surface area contributed by atoms with Crippen LogP contribution in [0, 0.1) is 0 Å². The van der Waals surface area contributed by atoms with Crippen LogP contribution in [0.3, 0.4) is 0 Å². The Kier molecular flexibility index (Phi) is 3.30. The standard InChI is InChI=1S/C14H15N5O/c1-19-8-7-12(17-19)13-16-14(20-18-13)11(15)9-10-5-3-2-4-6-10/h2-8,11H,9,15H2,1H3. The van der Waals surface area contributed by atoms with E-state index in [4.69, 9.17) is 10.3 Å². The molecule has 6 nitrogen and oxygen atoms in total. The van der Waals surface area contributed by atoms with E-state index >= 15 is 0 Å². The Balaban J connectivity index is 1.76. The third-order valence-electron chi connectivity index (χ3n) is 3.00. The largest absolute Gasteiger partial charge is 0.337 e. The lowest BCUT2D eigenvalue weighted by Crippen LogP contribution is -2.13. The maximum atomic E-state index is 6.10. The fourth-order valence-electron chi connectivity index (χ4n) is 1.98. The van der Waals surface area contributed by atoms with Crippen LogP contribution in [0.15, 0.2) is 47.1 Å². The number of aromatic nitrogens is 4. The summed E-state index contributed by atoms with van der Waals surface area (Å²) in [5, 5.41) is 8.15. The Bertz CT molecular complexity index is 688. The van der Waals surface area contributed by atoms with Crippen molar-refractivity contribution < 1.29 is 4.52 Å². The van der Waals surface area contributed by atoms with Crippen LogP contribution >= 0.6 is 0 Å². The van der Waals surface area contributed by atoms with Crippen molar-refractivity contribution >= 4 is 0 Å². The number of benzene rings is 1. The average molecular weight is 269 g/mol. The third-order valence-corrected chi connectivity index (χ3v) is 3.00. The minimum Gasteiger partial charge on any atom is -0.337 e. The highest BCUT2D eigenvalue weighted by Gasteiger charge is 2.17. The van der Waals surface area contributed by atoms with Gasteiger partial charge in [-0.1, -0.05) is 35.5 Å². The molecule has 2 heterocycles. The van der Waals surface area contributed by atoms with Crippen LogP contribution in [-0.4, -0.2) is 19.9 Å². The van der Waals surface area contributed by atoms with Crippen molar-refractivity contribution in [3.8, 4) is 11.5 Å². The van der Waals surface area contributed by atoms with Gasteiger partial charge >= 0.3 is 0 Å². The molecule has 0 saturated heterocycles. The summed E-state index contributed by atoms with van der Waals surface area (Å²) in [7, 11) is 1.84. The van der Waals surface area contributed by atoms with Gasteiger partial charge in [-0.05, 0) is 18.1 Å². The van der Waals surface area contributed by atoms with Gasteiger partial charge in [0.1, 0.15) is 5.69 Å². The molecule has 0 aliphatic rings. The smallest absolute Gasteiger partial charge is 0.244 e. The first-order chi connectivity index (χ1) is 9.72. The summed E-state index contributed by atoms with van der Waals surface area (Å²) in [6, 6.07) is 11.5. The van der Waals surface area contributed by atoms with E-state index in [2.05, 4.69) is 15.2 Å². The first kappa shape index (κ1) is 12.6. The van der Waals surface area contributed by atoms with Crippen molar-refractivity contribution in [3.63, 3.8) is 0 Å². The van der Waals surface area contributed by atoms with Crippen molar-refractivity contribution in [2.24, 2.45) is 12.8 Å². The quantitative estimate of drug-likeness (QED) is 0.779. The molecule has 2 N–H and O–H groups in total. The second-order valence-electron chi connectivity index (χ2n) is 4.63. The monoisotopic (exact) mass is 269 g/mol. The van der Waals surface area contributed by atoms with Crippen LogP contribution in [0.1, 0.15) is 17.5 Å². The minimum atomic E-state index is -0.317. The lowest BCUT2D eigenvalue weighted by molar-refractivity contribution is 0.354. The summed E-state index contributed by atoms with van der Waals surface area (Å²) in [4.78, 5) is 4.31. The summed E-state index contributed by atoms with van der Waals surface area (Å²) in [5.74, 6) is 0.888. The molecule has 0 fully saturated rings. The van der Waals surface area contributed by atoms with E-state index in [1.54, 1.807) is 4.68 Å². The lowest BCUT2D eigenvalue weighted by atomic mass is 10.1. The van der Waals surface area contributed by atoms with Gasteiger partial charge in [0.15, 0.2) is 0 Å². The Hall–Kier alpha value is -2.47. The number of aryl methyl sites for hydroxylation is 1. The van der Waals surface area contributed by atoms with E-state index in [1.807, 2.05) is 49.6 Å². The highest BCUT2D eigenvalue weighted by atomic mass is 16.5. The number of rotatable bonds is 4. The fourth-order valence-corrected chi connectivity index (χ4v) is 1.98. The molecule has 0 radical (unpaired) electrons. The average Bonchev–Trinajstić information content (AvgIpc) is 3.08. The molecule has 0 spiro atoms. The molecule has 1 unspecified atom stereocenters. The van der Waals surface area contributed by atoms with E-state index < -0.39 is 0 Å². The molecular formula is C14H15N5O. The highest BCUT2D eigenvalue weighted by Crippen LogP contribution is 2.18. The molecule has 1 atom stereocenters. The van der Waals surface area contributed by atoms with Crippen molar-refractivity contribution in [2.75, 3.05) is 0 Å². The molecule has 6 heteroatoms. The van der Waals surface area contributed by atoms with Crippen molar-refractivity contribution in [1.29, 1.82) is 0 Å². The molecule has 0 aliphatic heterocycles. The molecule has 0 bridgehead atoms. The molecule has 0 amide bonds. The van der Waals surface area contributed by atoms with Crippen LogP contribution in [0.5, 0.6) is 0 Å². The molecule has 102 valence electrons. The number of hydrogen-bond acceptors (Lipinski definition) is 5. The first-order valence-corrected chi connectivity index (χ1v) is 6.35. The van der Waals surface area contributed by atoms with E-state index in [1.165, 1.54) is 0 Å². The summed E-state index contributed by atoms with van der Waals surface area (Å²) in [6.07, 6.45) is 2.49. The predicted octanol–water partition coefficient (Wildman–Crippen LogP) is 1.71. The Morgan fingerprint density at radius 3 is 2.75 bits per heavy atom. The Morgan fingerprint density at radius 2 is 2.05 bits per heavy atom. The zero-order chi connectivity index (χ0) is 13.9. The zero-order valence-electron chi connectivity index (χ0n) is 11.1. The molecule has 0 saturated carbocycles. The summed E-state index contributed by atoms with van der Waals surface area (Å²) >= 11 is 0. The van der Waals surface area contributed by atoms with E-state index in [9.17, 15) is 0 Å². The van der Waals surface area contributed by atoms with Gasteiger partial charge in [0.05, 0.1) is 6.04 Å². The Labute approximate surface area is 116 Å². The molecule has 3 aromatic rings. The molecule has 1 aromatic carbocycles. The van der Waals surface area contributed by atoms with Crippen molar-refractivity contribution in [2.45, 2.75) is 12.5 Å². The van der Waals surface area contributed by atoms with Crippen LogP contribution in [0.2, 0.25) is 0 Å². The van der Waals surface area contributed by atoms with Gasteiger partial charge in [0.25, 0.3) is 0 Å². The zero-order valence-corrected chi connectivity index (χ0v) is 11.1. The maximum absolute atomic E-state index is 6.10.